The van der Waals surface area contributed by atoms with Crippen LogP contribution in [0.3, 0.4) is 0 Å². The van der Waals surface area contributed by atoms with Gasteiger partial charge >= 0.3 is 5.97 Å². The number of carbonyl (C=O) groups is 2. The molecular formula is C28H24N2O3S2. The molecule has 1 N–H and O–H groups in total. The van der Waals surface area contributed by atoms with Gasteiger partial charge < -0.3 is 14.6 Å². The van der Waals surface area contributed by atoms with Gasteiger partial charge in [0.1, 0.15) is 16.3 Å². The van der Waals surface area contributed by atoms with Crippen LogP contribution in [0, 0.1) is 0 Å². The number of nitrogens with zero attached hydrogens (tertiary/aromatic N) is 1. The molecule has 0 aliphatic carbocycles. The summed E-state index contributed by atoms with van der Waals surface area (Å²) in [6.07, 6.45) is 0.811. The van der Waals surface area contributed by atoms with Gasteiger partial charge in [-0.2, -0.15) is 0 Å². The van der Waals surface area contributed by atoms with Crippen LogP contribution in [0.4, 0.5) is 5.00 Å². The number of hydrogen-bond acceptors (Lipinski definition) is 5. The van der Waals surface area contributed by atoms with Crippen molar-refractivity contribution in [1.82, 2.24) is 4.57 Å². The third kappa shape index (κ3) is 4.78. The van der Waals surface area contributed by atoms with Crippen LogP contribution in [0.1, 0.15) is 33.3 Å². The SMILES string of the molecule is CCOC(=O)c1c(-c2ccccc2)csc1NC(=O)c1cc2sccc2n1CCc1ccccc1. The van der Waals surface area contributed by atoms with Crippen LogP contribution in [-0.2, 0) is 17.7 Å². The average molecular weight is 501 g/mol. The Bertz CT molecular complexity index is 1470. The summed E-state index contributed by atoms with van der Waals surface area (Å²) in [4.78, 5) is 26.4. The predicted octanol–water partition coefficient (Wildman–Crippen LogP) is 7.10. The molecule has 5 nitrogen and oxygen atoms in total. The van der Waals surface area contributed by atoms with Crippen LogP contribution >= 0.6 is 22.7 Å². The highest BCUT2D eigenvalue weighted by Crippen LogP contribution is 2.37. The van der Waals surface area contributed by atoms with E-state index in [1.165, 1.54) is 16.9 Å². The number of hydrogen-bond donors (Lipinski definition) is 1. The van der Waals surface area contributed by atoms with Crippen LogP contribution in [-0.4, -0.2) is 23.1 Å². The summed E-state index contributed by atoms with van der Waals surface area (Å²) < 4.78 is 8.46. The van der Waals surface area contributed by atoms with Crippen LogP contribution in [0.15, 0.2) is 83.6 Å². The van der Waals surface area contributed by atoms with Crippen molar-refractivity contribution < 1.29 is 14.3 Å². The van der Waals surface area contributed by atoms with Gasteiger partial charge in [-0.25, -0.2) is 4.79 Å². The first-order valence-corrected chi connectivity index (χ1v) is 13.2. The van der Waals surface area contributed by atoms with E-state index in [0.29, 0.717) is 22.8 Å². The molecule has 2 aromatic carbocycles. The molecule has 0 bridgehead atoms. The Morgan fingerprint density at radius 1 is 0.971 bits per heavy atom. The van der Waals surface area contributed by atoms with Gasteiger partial charge in [0.2, 0.25) is 0 Å². The zero-order chi connectivity index (χ0) is 24.2. The van der Waals surface area contributed by atoms with E-state index in [1.54, 1.807) is 18.3 Å². The minimum Gasteiger partial charge on any atom is -0.462 e. The molecule has 0 saturated heterocycles. The average Bonchev–Trinajstić information content (AvgIpc) is 3.59. The van der Waals surface area contributed by atoms with Gasteiger partial charge in [-0.05, 0) is 42.0 Å². The van der Waals surface area contributed by atoms with Gasteiger partial charge in [-0.3, -0.25) is 4.79 Å². The molecule has 5 rings (SSSR count). The molecule has 3 aromatic heterocycles. The molecule has 0 atom stereocenters. The molecule has 0 spiro atoms. The third-order valence-electron chi connectivity index (χ3n) is 5.80. The zero-order valence-corrected chi connectivity index (χ0v) is 20.8. The first-order valence-electron chi connectivity index (χ1n) is 11.4. The van der Waals surface area contributed by atoms with E-state index in [9.17, 15) is 9.59 Å². The van der Waals surface area contributed by atoms with E-state index >= 15 is 0 Å². The second kappa shape index (κ2) is 10.3. The largest absolute Gasteiger partial charge is 0.462 e. The number of carbonyl (C=O) groups excluding carboxylic acids is 2. The first-order chi connectivity index (χ1) is 17.2. The summed E-state index contributed by atoms with van der Waals surface area (Å²) in [5.41, 5.74) is 4.88. The minimum atomic E-state index is -0.441. The molecular weight excluding hydrogens is 476 g/mol. The number of ether oxygens (including phenoxy) is 1. The van der Waals surface area contributed by atoms with Crippen LogP contribution in [0.25, 0.3) is 21.3 Å². The number of anilines is 1. The molecule has 0 unspecified atom stereocenters. The minimum absolute atomic E-state index is 0.242. The van der Waals surface area contributed by atoms with E-state index in [-0.39, 0.29) is 12.5 Å². The van der Waals surface area contributed by atoms with Gasteiger partial charge in [0.05, 0.1) is 16.8 Å². The summed E-state index contributed by atoms with van der Waals surface area (Å²) in [6, 6.07) is 23.9. The van der Waals surface area contributed by atoms with E-state index in [4.69, 9.17) is 4.74 Å². The molecule has 7 heteroatoms. The molecule has 176 valence electrons. The quantitative estimate of drug-likeness (QED) is 0.231. The summed E-state index contributed by atoms with van der Waals surface area (Å²) >= 11 is 2.95. The van der Waals surface area contributed by atoms with Gasteiger partial charge in [-0.15, -0.1) is 22.7 Å². The molecule has 0 aliphatic heterocycles. The lowest BCUT2D eigenvalue weighted by Crippen LogP contribution is -2.19. The van der Waals surface area contributed by atoms with Gasteiger partial charge in [-0.1, -0.05) is 60.7 Å². The lowest BCUT2D eigenvalue weighted by Gasteiger charge is -2.12. The van der Waals surface area contributed by atoms with Crippen molar-refractivity contribution in [2.45, 2.75) is 19.9 Å². The van der Waals surface area contributed by atoms with Crippen molar-refractivity contribution >= 4 is 49.8 Å². The normalized spacial score (nSPS) is 11.0. The van der Waals surface area contributed by atoms with Crippen LogP contribution in [0.2, 0.25) is 0 Å². The van der Waals surface area contributed by atoms with E-state index in [0.717, 1.165) is 27.8 Å². The number of aryl methyl sites for hydroxylation is 2. The Balaban J connectivity index is 1.47. The number of nitrogens with one attached hydrogen (secondary N) is 1. The zero-order valence-electron chi connectivity index (χ0n) is 19.2. The topological polar surface area (TPSA) is 60.3 Å². The van der Waals surface area contributed by atoms with Crippen molar-refractivity contribution in [3.63, 3.8) is 0 Å². The molecule has 3 heterocycles. The number of esters is 1. The highest BCUT2D eigenvalue weighted by molar-refractivity contribution is 7.17. The van der Waals surface area contributed by atoms with Crippen molar-refractivity contribution in [2.24, 2.45) is 0 Å². The second-order valence-electron chi connectivity index (χ2n) is 7.98. The van der Waals surface area contributed by atoms with Crippen LogP contribution in [0.5, 0.6) is 0 Å². The standard InChI is InChI=1S/C28H24N2O3S2/c1-2-33-28(32)25-21(20-11-7-4-8-12-20)18-35-27(25)29-26(31)23-17-24-22(14-16-34-24)30(23)15-13-19-9-5-3-6-10-19/h3-12,14,16-18H,2,13,15H2,1H3,(H,29,31). The molecule has 0 radical (unpaired) electrons. The van der Waals surface area contributed by atoms with Crippen molar-refractivity contribution in [1.29, 1.82) is 0 Å². The summed E-state index contributed by atoms with van der Waals surface area (Å²) in [6.45, 7) is 2.71. The maximum absolute atomic E-state index is 13.5. The number of benzene rings is 2. The summed E-state index contributed by atoms with van der Waals surface area (Å²) in [7, 11) is 0. The van der Waals surface area contributed by atoms with Gasteiger partial charge in [0.25, 0.3) is 5.91 Å². The fourth-order valence-corrected chi connectivity index (χ4v) is 5.92. The van der Waals surface area contributed by atoms with Gasteiger partial charge in [0.15, 0.2) is 0 Å². The number of thiophene rings is 2. The third-order valence-corrected chi connectivity index (χ3v) is 7.55. The molecule has 0 saturated carbocycles. The second-order valence-corrected chi connectivity index (χ2v) is 9.81. The number of amides is 1. The lowest BCUT2D eigenvalue weighted by atomic mass is 10.0. The monoisotopic (exact) mass is 500 g/mol. The number of fused-ring (bicyclic) bond motifs is 1. The van der Waals surface area contributed by atoms with E-state index in [1.807, 2.05) is 71.4 Å². The van der Waals surface area contributed by atoms with Crippen molar-refractivity contribution in [2.75, 3.05) is 11.9 Å². The molecule has 5 aromatic rings. The molecule has 0 aliphatic rings. The summed E-state index contributed by atoms with van der Waals surface area (Å²) in [5, 5.41) is 7.43. The Labute approximate surface area is 211 Å². The lowest BCUT2D eigenvalue weighted by molar-refractivity contribution is 0.0529. The Morgan fingerprint density at radius 3 is 2.46 bits per heavy atom. The smallest absolute Gasteiger partial charge is 0.341 e. The number of rotatable bonds is 8. The first kappa shape index (κ1) is 23.1. The molecule has 1 amide bonds. The highest BCUT2D eigenvalue weighted by Gasteiger charge is 2.24. The maximum atomic E-state index is 13.5. The summed E-state index contributed by atoms with van der Waals surface area (Å²) in [5.74, 6) is -0.684. The molecule has 0 fully saturated rings. The van der Waals surface area contributed by atoms with Crippen molar-refractivity contribution in [3.05, 3.63) is 100 Å². The maximum Gasteiger partial charge on any atom is 0.341 e. The fourth-order valence-electron chi connectivity index (χ4n) is 4.14. The van der Waals surface area contributed by atoms with E-state index < -0.39 is 5.97 Å². The Morgan fingerprint density at radius 2 is 1.71 bits per heavy atom. The Hall–Kier alpha value is -3.68. The van der Waals surface area contributed by atoms with Gasteiger partial charge in [0, 0.05) is 17.5 Å². The Kier molecular flexibility index (Phi) is 6.79. The number of aromatic nitrogens is 1. The molecule has 35 heavy (non-hydrogen) atoms. The fraction of sp³-hybridized carbons (Fsp3) is 0.143. The van der Waals surface area contributed by atoms with E-state index in [2.05, 4.69) is 22.0 Å². The predicted molar refractivity (Wildman–Crippen MR) is 144 cm³/mol. The highest BCUT2D eigenvalue weighted by atomic mass is 32.1. The van der Waals surface area contributed by atoms with Crippen LogP contribution < -0.4 is 5.32 Å². The van der Waals surface area contributed by atoms with Crippen molar-refractivity contribution in [3.8, 4) is 11.1 Å².